The molecule has 0 saturated carbocycles. The highest BCUT2D eigenvalue weighted by molar-refractivity contribution is 7.99. The second kappa shape index (κ2) is 7.37. The summed E-state index contributed by atoms with van der Waals surface area (Å²) in [5.41, 5.74) is 1.20. The van der Waals surface area contributed by atoms with Crippen molar-refractivity contribution in [2.24, 2.45) is 0 Å². The molecule has 4 heteroatoms. The smallest absolute Gasteiger partial charge is 0.0548 e. The first-order valence-corrected chi connectivity index (χ1v) is 8.13. The van der Waals surface area contributed by atoms with Gasteiger partial charge in [-0.1, -0.05) is 54.0 Å². The third kappa shape index (κ3) is 4.16. The second-order valence-corrected chi connectivity index (χ2v) is 6.49. The summed E-state index contributed by atoms with van der Waals surface area (Å²) < 4.78 is 0. The van der Waals surface area contributed by atoms with Crippen LogP contribution in [0, 0.1) is 0 Å². The highest BCUT2D eigenvalue weighted by Crippen LogP contribution is 2.35. The predicted octanol–water partition coefficient (Wildman–Crippen LogP) is 5.82. The Balaban J connectivity index is 2.17. The zero-order chi connectivity index (χ0) is 14.5. The van der Waals surface area contributed by atoms with Gasteiger partial charge in [0.2, 0.25) is 0 Å². The second-order valence-electron chi connectivity index (χ2n) is 4.53. The summed E-state index contributed by atoms with van der Waals surface area (Å²) in [4.78, 5) is 2.13. The van der Waals surface area contributed by atoms with Crippen molar-refractivity contribution in [2.75, 3.05) is 6.54 Å². The molecule has 0 heterocycles. The molecule has 0 aliphatic rings. The molecule has 0 bridgehead atoms. The van der Waals surface area contributed by atoms with Gasteiger partial charge in [-0.2, -0.15) is 0 Å². The summed E-state index contributed by atoms with van der Waals surface area (Å²) in [6.07, 6.45) is 0. The fraction of sp³-hybridized carbons (Fsp3) is 0.250. The molecule has 0 aliphatic carbocycles. The largest absolute Gasteiger partial charge is 0.310 e. The molecule has 1 unspecified atom stereocenters. The molecular weight excluding hydrogens is 309 g/mol. The lowest BCUT2D eigenvalue weighted by Crippen LogP contribution is -2.17. The molecular formula is C16H17Cl2NS. The number of nitrogens with one attached hydrogen (secondary N) is 1. The van der Waals surface area contributed by atoms with E-state index >= 15 is 0 Å². The number of rotatable bonds is 5. The Morgan fingerprint density at radius 3 is 2.60 bits per heavy atom. The van der Waals surface area contributed by atoms with Gasteiger partial charge >= 0.3 is 0 Å². The lowest BCUT2D eigenvalue weighted by Gasteiger charge is -2.14. The van der Waals surface area contributed by atoms with Gasteiger partial charge in [0.1, 0.15) is 0 Å². The minimum atomic E-state index is 0.308. The van der Waals surface area contributed by atoms with Crippen LogP contribution in [0.25, 0.3) is 0 Å². The van der Waals surface area contributed by atoms with Crippen LogP contribution in [0.1, 0.15) is 25.5 Å². The molecule has 2 aromatic carbocycles. The average molecular weight is 326 g/mol. The molecule has 106 valence electrons. The molecule has 0 radical (unpaired) electrons. The van der Waals surface area contributed by atoms with E-state index in [1.165, 1.54) is 5.56 Å². The van der Waals surface area contributed by atoms with E-state index in [2.05, 4.69) is 31.3 Å². The van der Waals surface area contributed by atoms with Crippen molar-refractivity contribution in [1.29, 1.82) is 0 Å². The van der Waals surface area contributed by atoms with Gasteiger partial charge in [-0.05, 0) is 49.4 Å². The number of hydrogen-bond acceptors (Lipinski definition) is 2. The summed E-state index contributed by atoms with van der Waals surface area (Å²) in [5.74, 6) is 0. The minimum absolute atomic E-state index is 0.308. The van der Waals surface area contributed by atoms with Crippen molar-refractivity contribution in [3.63, 3.8) is 0 Å². The van der Waals surface area contributed by atoms with E-state index in [0.717, 1.165) is 26.4 Å². The van der Waals surface area contributed by atoms with E-state index in [1.807, 2.05) is 30.3 Å². The van der Waals surface area contributed by atoms with E-state index in [9.17, 15) is 0 Å². The Morgan fingerprint density at radius 2 is 1.95 bits per heavy atom. The van der Waals surface area contributed by atoms with Gasteiger partial charge in [-0.15, -0.1) is 0 Å². The number of halogens is 2. The molecule has 1 N–H and O–H groups in total. The molecule has 2 rings (SSSR count). The molecule has 0 saturated heterocycles. The topological polar surface area (TPSA) is 12.0 Å². The summed E-state index contributed by atoms with van der Waals surface area (Å²) >= 11 is 14.0. The Labute approximate surface area is 134 Å². The molecule has 0 aliphatic heterocycles. The van der Waals surface area contributed by atoms with Gasteiger partial charge < -0.3 is 5.32 Å². The Bertz CT molecular complexity index is 586. The highest BCUT2D eigenvalue weighted by atomic mass is 35.5. The molecule has 1 nitrogen and oxygen atoms in total. The molecule has 0 spiro atoms. The lowest BCUT2D eigenvalue weighted by atomic mass is 10.1. The monoisotopic (exact) mass is 325 g/mol. The van der Waals surface area contributed by atoms with Crippen molar-refractivity contribution in [3.8, 4) is 0 Å². The van der Waals surface area contributed by atoms with Crippen LogP contribution in [0.3, 0.4) is 0 Å². The van der Waals surface area contributed by atoms with Crippen LogP contribution >= 0.6 is 35.0 Å². The van der Waals surface area contributed by atoms with Gasteiger partial charge in [-0.3, -0.25) is 0 Å². The zero-order valence-electron chi connectivity index (χ0n) is 11.5. The van der Waals surface area contributed by atoms with Crippen LogP contribution in [-0.2, 0) is 0 Å². The SMILES string of the molecule is CCNC(C)c1ccc(Sc2cccc(Cl)c2)c(Cl)c1. The molecule has 0 amide bonds. The average Bonchev–Trinajstić information content (AvgIpc) is 2.41. The van der Waals surface area contributed by atoms with Crippen molar-refractivity contribution >= 4 is 35.0 Å². The van der Waals surface area contributed by atoms with E-state index in [0.29, 0.717) is 6.04 Å². The lowest BCUT2D eigenvalue weighted by molar-refractivity contribution is 0.598. The predicted molar refractivity (Wildman–Crippen MR) is 89.1 cm³/mol. The van der Waals surface area contributed by atoms with Crippen LogP contribution < -0.4 is 5.32 Å². The number of benzene rings is 2. The maximum Gasteiger partial charge on any atom is 0.0548 e. The van der Waals surface area contributed by atoms with Crippen LogP contribution in [0.2, 0.25) is 10.0 Å². The highest BCUT2D eigenvalue weighted by Gasteiger charge is 2.08. The van der Waals surface area contributed by atoms with Gasteiger partial charge in [0.05, 0.1) is 5.02 Å². The maximum absolute atomic E-state index is 6.38. The van der Waals surface area contributed by atoms with Crippen molar-refractivity contribution in [1.82, 2.24) is 5.32 Å². The third-order valence-corrected chi connectivity index (χ3v) is 4.72. The van der Waals surface area contributed by atoms with Crippen LogP contribution in [0.5, 0.6) is 0 Å². The third-order valence-electron chi connectivity index (χ3n) is 2.99. The molecule has 0 fully saturated rings. The maximum atomic E-state index is 6.38. The van der Waals surface area contributed by atoms with Crippen LogP contribution in [0.4, 0.5) is 0 Å². The summed E-state index contributed by atoms with van der Waals surface area (Å²) in [5, 5.41) is 4.90. The standard InChI is InChI=1S/C16H17Cl2NS/c1-3-19-11(2)12-7-8-16(15(18)9-12)20-14-6-4-5-13(17)10-14/h4-11,19H,3H2,1-2H3. The van der Waals surface area contributed by atoms with Crippen molar-refractivity contribution in [2.45, 2.75) is 29.7 Å². The van der Waals surface area contributed by atoms with Gasteiger partial charge in [0.25, 0.3) is 0 Å². The molecule has 20 heavy (non-hydrogen) atoms. The summed E-state index contributed by atoms with van der Waals surface area (Å²) in [7, 11) is 0. The summed E-state index contributed by atoms with van der Waals surface area (Å²) in [6, 6.07) is 14.3. The fourth-order valence-corrected chi connectivity index (χ4v) is 3.39. The summed E-state index contributed by atoms with van der Waals surface area (Å²) in [6.45, 7) is 5.18. The fourth-order valence-electron chi connectivity index (χ4n) is 1.95. The molecule has 2 aromatic rings. The Hall–Kier alpha value is -0.670. The zero-order valence-corrected chi connectivity index (χ0v) is 13.8. The first-order chi connectivity index (χ1) is 9.60. The number of hydrogen-bond donors (Lipinski definition) is 1. The molecule has 1 atom stereocenters. The first-order valence-electron chi connectivity index (χ1n) is 6.56. The van der Waals surface area contributed by atoms with Gasteiger partial charge in [0, 0.05) is 20.9 Å². The van der Waals surface area contributed by atoms with Crippen LogP contribution in [-0.4, -0.2) is 6.54 Å². The Morgan fingerprint density at radius 1 is 1.15 bits per heavy atom. The van der Waals surface area contributed by atoms with Gasteiger partial charge in [0.15, 0.2) is 0 Å². The van der Waals surface area contributed by atoms with E-state index in [1.54, 1.807) is 11.8 Å². The van der Waals surface area contributed by atoms with Crippen molar-refractivity contribution < 1.29 is 0 Å². The molecule has 0 aromatic heterocycles. The minimum Gasteiger partial charge on any atom is -0.310 e. The first kappa shape index (κ1) is 15.7. The van der Waals surface area contributed by atoms with Crippen molar-refractivity contribution in [3.05, 3.63) is 58.1 Å². The van der Waals surface area contributed by atoms with E-state index in [4.69, 9.17) is 23.2 Å². The van der Waals surface area contributed by atoms with E-state index < -0.39 is 0 Å². The quantitative estimate of drug-likeness (QED) is 0.743. The normalized spacial score (nSPS) is 12.4. The van der Waals surface area contributed by atoms with E-state index in [-0.39, 0.29) is 0 Å². The van der Waals surface area contributed by atoms with Gasteiger partial charge in [-0.25, -0.2) is 0 Å². The van der Waals surface area contributed by atoms with Crippen LogP contribution in [0.15, 0.2) is 52.3 Å². The Kier molecular flexibility index (Phi) is 5.79.